The Bertz CT molecular complexity index is 1270. The smallest absolute Gasteiger partial charge is 0.265 e. The van der Waals surface area contributed by atoms with Gasteiger partial charge in [-0.05, 0) is 65.9 Å². The zero-order chi connectivity index (χ0) is 21.4. The van der Waals surface area contributed by atoms with Gasteiger partial charge in [0.1, 0.15) is 0 Å². The molecule has 3 heterocycles. The topological polar surface area (TPSA) is 67.2 Å². The number of carbonyl (C=O) groups is 2. The first-order valence-corrected chi connectivity index (χ1v) is 10.8. The molecule has 0 radical (unpaired) electrons. The Hall–Kier alpha value is -3.71. The van der Waals surface area contributed by atoms with Gasteiger partial charge >= 0.3 is 0 Å². The number of fused-ring (bicyclic) bond motifs is 2. The molecule has 5 rings (SSSR count). The van der Waals surface area contributed by atoms with E-state index in [0.29, 0.717) is 29.2 Å². The minimum Gasteiger partial charge on any atom is -0.321 e. The molecule has 1 N–H and O–H groups in total. The average molecular weight is 429 g/mol. The predicted octanol–water partition coefficient (Wildman–Crippen LogP) is 4.71. The Morgan fingerprint density at radius 1 is 1.00 bits per heavy atom. The minimum atomic E-state index is -0.138. The third-order valence-corrected chi connectivity index (χ3v) is 6.45. The van der Waals surface area contributed by atoms with E-state index >= 15 is 0 Å². The monoisotopic (exact) mass is 428 g/mol. The highest BCUT2D eigenvalue weighted by Gasteiger charge is 2.25. The number of nitrogens with one attached hydrogen (secondary N) is 1. The molecule has 154 valence electrons. The molecule has 6 nitrogen and oxygen atoms in total. The van der Waals surface area contributed by atoms with Crippen LogP contribution in [0, 0.1) is 6.92 Å². The van der Waals surface area contributed by atoms with Gasteiger partial charge in [0.2, 0.25) is 0 Å². The van der Waals surface area contributed by atoms with Crippen molar-refractivity contribution in [3.05, 3.63) is 99.5 Å². The Kier molecular flexibility index (Phi) is 4.88. The van der Waals surface area contributed by atoms with Crippen molar-refractivity contribution in [2.24, 2.45) is 0 Å². The van der Waals surface area contributed by atoms with Gasteiger partial charge in [-0.15, -0.1) is 11.3 Å². The van der Waals surface area contributed by atoms with Crippen LogP contribution in [0.25, 0.3) is 0 Å². The van der Waals surface area contributed by atoms with Crippen molar-refractivity contribution < 1.29 is 9.59 Å². The molecule has 7 heteroatoms. The summed E-state index contributed by atoms with van der Waals surface area (Å²) in [4.78, 5) is 28.3. The second-order valence-electron chi connectivity index (χ2n) is 7.46. The molecule has 0 bridgehead atoms. The van der Waals surface area contributed by atoms with Crippen molar-refractivity contribution in [2.75, 3.05) is 10.2 Å². The number of aryl methyl sites for hydroxylation is 1. The number of carbonyl (C=O) groups excluding carboxylic acids is 2. The zero-order valence-electron chi connectivity index (χ0n) is 16.9. The first-order chi connectivity index (χ1) is 15.1. The van der Waals surface area contributed by atoms with Gasteiger partial charge in [0.15, 0.2) is 0 Å². The van der Waals surface area contributed by atoms with Crippen LogP contribution in [0.3, 0.4) is 0 Å². The molecule has 0 aliphatic carbocycles. The molecular weight excluding hydrogens is 408 g/mol. The summed E-state index contributed by atoms with van der Waals surface area (Å²) in [5.41, 5.74) is 5.10. The number of aromatic nitrogens is 2. The Morgan fingerprint density at radius 3 is 2.58 bits per heavy atom. The van der Waals surface area contributed by atoms with E-state index in [1.807, 2.05) is 53.4 Å². The largest absolute Gasteiger partial charge is 0.321 e. The van der Waals surface area contributed by atoms with Gasteiger partial charge in [-0.2, -0.15) is 5.10 Å². The maximum Gasteiger partial charge on any atom is 0.265 e. The molecule has 0 saturated carbocycles. The van der Waals surface area contributed by atoms with E-state index < -0.39 is 0 Å². The summed E-state index contributed by atoms with van der Waals surface area (Å²) in [7, 11) is 0. The number of amides is 2. The van der Waals surface area contributed by atoms with Crippen molar-refractivity contribution in [3.8, 4) is 0 Å². The third kappa shape index (κ3) is 3.64. The Labute approximate surface area is 183 Å². The van der Waals surface area contributed by atoms with Gasteiger partial charge in [-0.25, -0.2) is 0 Å². The molecule has 0 spiro atoms. The lowest BCUT2D eigenvalue weighted by Crippen LogP contribution is -2.30. The second kappa shape index (κ2) is 7.85. The zero-order valence-corrected chi connectivity index (χ0v) is 17.7. The fourth-order valence-electron chi connectivity index (χ4n) is 3.78. The highest BCUT2D eigenvalue weighted by molar-refractivity contribution is 7.12. The van der Waals surface area contributed by atoms with Crippen LogP contribution in [-0.2, 0) is 13.1 Å². The van der Waals surface area contributed by atoms with E-state index in [1.54, 1.807) is 35.4 Å². The summed E-state index contributed by atoms with van der Waals surface area (Å²) >= 11 is 1.41. The fourth-order valence-corrected chi connectivity index (χ4v) is 4.60. The van der Waals surface area contributed by atoms with E-state index in [2.05, 4.69) is 10.4 Å². The van der Waals surface area contributed by atoms with Crippen LogP contribution in [0.1, 0.15) is 36.9 Å². The molecule has 0 fully saturated rings. The lowest BCUT2D eigenvalue weighted by atomic mass is 10.1. The van der Waals surface area contributed by atoms with Crippen LogP contribution in [0.5, 0.6) is 0 Å². The van der Waals surface area contributed by atoms with Crippen molar-refractivity contribution in [1.29, 1.82) is 0 Å². The van der Waals surface area contributed by atoms with Gasteiger partial charge in [0.25, 0.3) is 11.8 Å². The first kappa shape index (κ1) is 19.3. The van der Waals surface area contributed by atoms with Crippen LogP contribution in [0.2, 0.25) is 0 Å². The SMILES string of the molecule is Cc1ccsc1C(=O)Nc1ccc(C(=O)N2Cc3ccnn3Cc3ccccc32)cc1. The molecule has 2 amide bonds. The fraction of sp³-hybridized carbons (Fsp3) is 0.125. The Balaban J connectivity index is 1.40. The van der Waals surface area contributed by atoms with E-state index in [0.717, 1.165) is 22.5 Å². The van der Waals surface area contributed by atoms with E-state index in [-0.39, 0.29) is 11.8 Å². The van der Waals surface area contributed by atoms with Crippen LogP contribution in [0.15, 0.2) is 72.2 Å². The van der Waals surface area contributed by atoms with Crippen molar-refractivity contribution in [3.63, 3.8) is 0 Å². The minimum absolute atomic E-state index is 0.0888. The lowest BCUT2D eigenvalue weighted by molar-refractivity contribution is 0.0984. The average Bonchev–Trinajstić information content (AvgIpc) is 3.38. The number of thiophene rings is 1. The predicted molar refractivity (Wildman–Crippen MR) is 122 cm³/mol. The summed E-state index contributed by atoms with van der Waals surface area (Å²) in [5, 5.41) is 9.19. The molecule has 0 atom stereocenters. The van der Waals surface area contributed by atoms with Crippen molar-refractivity contribution in [1.82, 2.24) is 9.78 Å². The van der Waals surface area contributed by atoms with Gasteiger partial charge < -0.3 is 10.2 Å². The number of anilines is 2. The molecule has 0 saturated heterocycles. The number of hydrogen-bond acceptors (Lipinski definition) is 4. The highest BCUT2D eigenvalue weighted by atomic mass is 32.1. The van der Waals surface area contributed by atoms with Gasteiger partial charge in [0, 0.05) is 23.1 Å². The lowest BCUT2D eigenvalue weighted by Gasteiger charge is -2.22. The van der Waals surface area contributed by atoms with Crippen molar-refractivity contribution >= 4 is 34.5 Å². The van der Waals surface area contributed by atoms with Crippen molar-refractivity contribution in [2.45, 2.75) is 20.0 Å². The number of benzene rings is 2. The highest BCUT2D eigenvalue weighted by Crippen LogP contribution is 2.29. The van der Waals surface area contributed by atoms with Crippen LogP contribution in [0.4, 0.5) is 11.4 Å². The number of para-hydroxylation sites is 1. The molecule has 1 aliphatic rings. The quantitative estimate of drug-likeness (QED) is 0.514. The normalized spacial score (nSPS) is 12.6. The molecule has 1 aliphatic heterocycles. The van der Waals surface area contributed by atoms with Crippen LogP contribution in [-0.4, -0.2) is 21.6 Å². The maximum atomic E-state index is 13.4. The molecular formula is C24H20N4O2S. The molecule has 4 aromatic rings. The van der Waals surface area contributed by atoms with E-state index in [1.165, 1.54) is 11.3 Å². The van der Waals surface area contributed by atoms with Gasteiger partial charge in [-0.3, -0.25) is 14.3 Å². The van der Waals surface area contributed by atoms with Crippen LogP contribution < -0.4 is 10.2 Å². The molecule has 0 unspecified atom stereocenters. The summed E-state index contributed by atoms with van der Waals surface area (Å²) in [6.07, 6.45) is 1.76. The summed E-state index contributed by atoms with van der Waals surface area (Å²) < 4.78 is 1.93. The number of hydrogen-bond donors (Lipinski definition) is 1. The van der Waals surface area contributed by atoms with Crippen LogP contribution >= 0.6 is 11.3 Å². The first-order valence-electron chi connectivity index (χ1n) is 9.96. The Morgan fingerprint density at radius 2 is 1.81 bits per heavy atom. The summed E-state index contributed by atoms with van der Waals surface area (Å²) in [6.45, 7) is 3.00. The van der Waals surface area contributed by atoms with Gasteiger partial charge in [0.05, 0.1) is 23.7 Å². The van der Waals surface area contributed by atoms with E-state index in [9.17, 15) is 9.59 Å². The molecule has 2 aromatic heterocycles. The summed E-state index contributed by atoms with van der Waals surface area (Å²) in [5.74, 6) is -0.227. The summed E-state index contributed by atoms with van der Waals surface area (Å²) in [6, 6.07) is 18.8. The second-order valence-corrected chi connectivity index (χ2v) is 8.38. The molecule has 31 heavy (non-hydrogen) atoms. The molecule has 2 aromatic carbocycles. The van der Waals surface area contributed by atoms with Gasteiger partial charge in [-0.1, -0.05) is 18.2 Å². The maximum absolute atomic E-state index is 13.4. The number of rotatable bonds is 3. The van der Waals surface area contributed by atoms with E-state index in [4.69, 9.17) is 0 Å². The third-order valence-electron chi connectivity index (χ3n) is 5.43. The standard InChI is InChI=1S/C24H20N4O2S/c1-16-11-13-31-22(16)23(29)26-19-8-6-17(7-9-19)24(30)27-15-20-10-12-25-28(20)14-18-4-2-3-5-21(18)27/h2-13H,14-15H2,1H3,(H,26,29). The number of nitrogens with zero attached hydrogens (tertiary/aromatic N) is 3.